The molecule has 7 N–H and O–H groups in total. The molecule has 8 atom stereocenters. The van der Waals surface area contributed by atoms with Crippen molar-refractivity contribution in [1.29, 1.82) is 0 Å². The second kappa shape index (κ2) is 14.6. The number of aliphatic hydroxyl groups excluding tert-OH is 2. The Morgan fingerprint density at radius 1 is 0.930 bits per heavy atom. The number of aryl methyl sites for hydroxylation is 1. The van der Waals surface area contributed by atoms with Crippen LogP contribution in [-0.2, 0) is 48.7 Å². The highest BCUT2D eigenvalue weighted by Gasteiger charge is 2.72. The van der Waals surface area contributed by atoms with Crippen molar-refractivity contribution in [2.75, 3.05) is 21.3 Å². The molecule has 0 saturated carbocycles. The van der Waals surface area contributed by atoms with Crippen molar-refractivity contribution >= 4 is 29.0 Å². The van der Waals surface area contributed by atoms with Gasteiger partial charge in [-0.25, -0.2) is 0 Å². The zero-order chi connectivity index (χ0) is 41.3. The van der Waals surface area contributed by atoms with Gasteiger partial charge in [-0.05, 0) is 36.6 Å². The van der Waals surface area contributed by atoms with Gasteiger partial charge in [-0.2, -0.15) is 0 Å². The van der Waals surface area contributed by atoms with Crippen molar-refractivity contribution in [1.82, 2.24) is 10.6 Å². The van der Waals surface area contributed by atoms with E-state index in [-0.39, 0.29) is 23.4 Å². The predicted molar refractivity (Wildman–Crippen MR) is 197 cm³/mol. The first-order valence-electron chi connectivity index (χ1n) is 18.1. The molecule has 0 bridgehead atoms. The van der Waals surface area contributed by atoms with Gasteiger partial charge in [0.05, 0.1) is 35.5 Å². The summed E-state index contributed by atoms with van der Waals surface area (Å²) in [6.45, 7) is 3.39. The lowest BCUT2D eigenvalue weighted by molar-refractivity contribution is -0.236. The quantitative estimate of drug-likeness (QED) is 0.159. The number of aromatic hydroxyl groups is 2. The summed E-state index contributed by atoms with van der Waals surface area (Å²) in [5.74, 6) is -6.81. The van der Waals surface area contributed by atoms with Gasteiger partial charge < -0.3 is 55.1 Å². The van der Waals surface area contributed by atoms with Crippen molar-refractivity contribution in [2.45, 2.75) is 81.2 Å². The number of hydrogen-bond acceptors (Lipinski definition) is 15. The Morgan fingerprint density at radius 2 is 1.61 bits per heavy atom. The summed E-state index contributed by atoms with van der Waals surface area (Å²) >= 11 is 0. The Kier molecular flexibility index (Phi) is 10.2. The van der Waals surface area contributed by atoms with Crippen LogP contribution >= 0.6 is 0 Å². The molecule has 3 aromatic carbocycles. The van der Waals surface area contributed by atoms with E-state index in [0.29, 0.717) is 5.56 Å². The van der Waals surface area contributed by atoms with Gasteiger partial charge in [0.1, 0.15) is 29.8 Å². The fourth-order valence-electron chi connectivity index (χ4n) is 8.77. The number of rotatable bonds is 9. The van der Waals surface area contributed by atoms with Crippen LogP contribution in [0.5, 0.6) is 11.5 Å². The van der Waals surface area contributed by atoms with E-state index in [4.69, 9.17) is 18.9 Å². The average molecular weight is 787 g/mol. The minimum atomic E-state index is -3.18. The van der Waals surface area contributed by atoms with Gasteiger partial charge in [-0.1, -0.05) is 36.4 Å². The molecule has 16 heteroatoms. The number of phenols is 2. The smallest absolute Gasteiger partial charge is 0.224 e. The van der Waals surface area contributed by atoms with Crippen LogP contribution in [0.25, 0.3) is 0 Å². The fraction of sp³-hybridized carbons (Fsp3) is 0.390. The summed E-state index contributed by atoms with van der Waals surface area (Å²) < 4.78 is 22.2. The molecule has 3 aliphatic carbocycles. The molecule has 300 valence electrons. The zero-order valence-electron chi connectivity index (χ0n) is 31.6. The number of methoxy groups -OCH3 is 3. The van der Waals surface area contributed by atoms with Crippen molar-refractivity contribution in [2.24, 2.45) is 0 Å². The van der Waals surface area contributed by atoms with Gasteiger partial charge in [-0.15, -0.1) is 0 Å². The Balaban J connectivity index is 1.30. The molecule has 3 aromatic rings. The number of allylic oxidation sites excluding steroid dienone is 2. The number of phenolic OH excluding ortho intramolecular Hbond substituents is 2. The van der Waals surface area contributed by atoms with E-state index in [9.17, 15) is 49.5 Å². The summed E-state index contributed by atoms with van der Waals surface area (Å²) in [5, 5.41) is 64.2. The number of ether oxygens (including phenoxy) is 4. The summed E-state index contributed by atoms with van der Waals surface area (Å²) in [4.78, 5) is 70.4. The number of ketones is 4. The minimum Gasteiger partial charge on any atom is -0.507 e. The molecule has 16 nitrogen and oxygen atoms in total. The van der Waals surface area contributed by atoms with Crippen LogP contribution in [0.4, 0.5) is 0 Å². The standard InChI is InChI=1S/C41H42N2O14/c1-17-11-20-12-26(45)41(56-5)38(52)29-23(37(51)40(41,53)30(20)32(48)21(17)14-27(46)42-16-19-9-7-6-8-10-19)13-22-28(33(29)49)25(44)15-24(31(22)47)43-39-36(55-4)34(50)35(54-3)18(2)57-39/h6-11,13,15,18,26,34-36,39,43,45,48-50,53H,12,14,16H2,1-5H3,(H,42,46)/t18-,26+,34+,35-,36+,39?,40-,41+/m0/s1. The Bertz CT molecular complexity index is 2260. The maximum Gasteiger partial charge on any atom is 0.224 e. The number of carbonyl (C=O) groups excluding carboxylic acids is 5. The molecule has 1 fully saturated rings. The van der Waals surface area contributed by atoms with Crippen LogP contribution in [0.3, 0.4) is 0 Å². The molecular weight excluding hydrogens is 744 g/mol. The van der Waals surface area contributed by atoms with Crippen LogP contribution in [-0.4, -0.2) is 118 Å². The maximum absolute atomic E-state index is 14.9. The third-order valence-corrected chi connectivity index (χ3v) is 11.6. The van der Waals surface area contributed by atoms with Crippen molar-refractivity contribution < 1.29 is 68.5 Å². The van der Waals surface area contributed by atoms with E-state index < -0.39 is 129 Å². The van der Waals surface area contributed by atoms with Gasteiger partial charge in [0.15, 0.2) is 23.2 Å². The lowest BCUT2D eigenvalue weighted by Gasteiger charge is -2.53. The minimum absolute atomic E-state index is 0.0191. The lowest BCUT2D eigenvalue weighted by atomic mass is 9.56. The van der Waals surface area contributed by atoms with E-state index in [2.05, 4.69) is 10.6 Å². The Morgan fingerprint density at radius 3 is 2.26 bits per heavy atom. The molecule has 1 heterocycles. The summed E-state index contributed by atoms with van der Waals surface area (Å²) in [7, 11) is 3.63. The zero-order valence-corrected chi connectivity index (χ0v) is 31.6. The lowest BCUT2D eigenvalue weighted by Crippen LogP contribution is -2.73. The first kappa shape index (κ1) is 39.9. The average Bonchev–Trinajstić information content (AvgIpc) is 3.17. The van der Waals surface area contributed by atoms with Crippen LogP contribution in [0.2, 0.25) is 0 Å². The molecule has 1 aliphatic heterocycles. The van der Waals surface area contributed by atoms with Crippen molar-refractivity contribution in [3.05, 3.63) is 104 Å². The Labute approximate surface area is 326 Å². The second-order valence-corrected chi connectivity index (χ2v) is 14.6. The summed E-state index contributed by atoms with van der Waals surface area (Å²) in [6.07, 6.45) is -6.88. The number of nitrogens with one attached hydrogen (secondary N) is 2. The van der Waals surface area contributed by atoms with Crippen LogP contribution in [0, 0.1) is 6.92 Å². The van der Waals surface area contributed by atoms with Crippen LogP contribution in [0.15, 0.2) is 54.2 Å². The third kappa shape index (κ3) is 5.81. The maximum atomic E-state index is 14.9. The first-order chi connectivity index (χ1) is 27.1. The van der Waals surface area contributed by atoms with Gasteiger partial charge in [0.2, 0.25) is 23.3 Å². The number of Topliss-reactive ketones (excluding diaryl/α,β-unsaturated/α-hetero) is 3. The molecule has 57 heavy (non-hydrogen) atoms. The van der Waals surface area contributed by atoms with Crippen molar-refractivity contribution in [3.8, 4) is 11.5 Å². The number of fused-ring (bicyclic) bond motifs is 5. The van der Waals surface area contributed by atoms with E-state index in [1.807, 2.05) is 30.3 Å². The number of carbonyl (C=O) groups is 5. The molecule has 1 amide bonds. The largest absolute Gasteiger partial charge is 0.507 e. The number of hydrogen-bond donors (Lipinski definition) is 7. The monoisotopic (exact) mass is 786 g/mol. The fourth-order valence-corrected chi connectivity index (χ4v) is 8.77. The third-order valence-electron chi connectivity index (χ3n) is 11.6. The van der Waals surface area contributed by atoms with Gasteiger partial charge in [-0.3, -0.25) is 24.0 Å². The first-order valence-corrected chi connectivity index (χ1v) is 18.1. The summed E-state index contributed by atoms with van der Waals surface area (Å²) in [5.41, 5.74) is -8.27. The topological polar surface area (TPSA) is 247 Å². The Hall–Kier alpha value is -5.33. The van der Waals surface area contributed by atoms with E-state index in [1.54, 1.807) is 13.8 Å². The predicted octanol–water partition coefficient (Wildman–Crippen LogP) is 0.822. The molecule has 4 aliphatic rings. The molecule has 0 radical (unpaired) electrons. The molecular formula is C41H42N2O14. The highest BCUT2D eigenvalue weighted by molar-refractivity contribution is 6.30. The molecule has 0 aromatic heterocycles. The second-order valence-electron chi connectivity index (χ2n) is 14.6. The highest BCUT2D eigenvalue weighted by Crippen LogP contribution is 2.56. The van der Waals surface area contributed by atoms with E-state index >= 15 is 0 Å². The van der Waals surface area contributed by atoms with Crippen molar-refractivity contribution in [3.63, 3.8) is 0 Å². The number of aliphatic hydroxyl groups is 3. The van der Waals surface area contributed by atoms with Gasteiger partial charge >= 0.3 is 0 Å². The molecule has 0 spiro atoms. The van der Waals surface area contributed by atoms with Gasteiger partial charge in [0, 0.05) is 62.6 Å². The molecule has 1 saturated heterocycles. The molecule has 7 rings (SSSR count). The van der Waals surface area contributed by atoms with E-state index in [0.717, 1.165) is 24.8 Å². The summed E-state index contributed by atoms with van der Waals surface area (Å²) in [6, 6.07) is 11.4. The number of amides is 1. The highest BCUT2D eigenvalue weighted by atomic mass is 16.6. The van der Waals surface area contributed by atoms with Crippen LogP contribution in [0.1, 0.15) is 76.2 Å². The molecule has 1 unspecified atom stereocenters. The van der Waals surface area contributed by atoms with E-state index in [1.165, 1.54) is 20.3 Å². The SMILES string of the molecule is CO[C@@H]1[C@@H](O)[C@@H](OC)C(NC2=CC(=O)c3c(cc4c(c3O)C(=O)[C@]3(OC)[C@H](O)Cc5cc(C)c(CC(=O)NCc6ccccc6)c(O)c5[C@]3(O)C4=O)C2=O)O[C@H]1C. The normalized spacial score (nSPS) is 29.2. The van der Waals surface area contributed by atoms with Gasteiger partial charge in [0.25, 0.3) is 0 Å². The van der Waals surface area contributed by atoms with Crippen LogP contribution < -0.4 is 10.6 Å². The number of benzene rings is 3.